The van der Waals surface area contributed by atoms with Gasteiger partial charge < -0.3 is 18.6 Å². The van der Waals surface area contributed by atoms with Gasteiger partial charge in [0.2, 0.25) is 0 Å². The zero-order valence-corrected chi connectivity index (χ0v) is 18.0. The molecule has 4 rings (SSSR count). The molecule has 0 saturated carbocycles. The summed E-state index contributed by atoms with van der Waals surface area (Å²) >= 11 is 0. The normalized spacial score (nSPS) is 11.7. The summed E-state index contributed by atoms with van der Waals surface area (Å²) in [7, 11) is 0. The molecule has 0 amide bonds. The van der Waals surface area contributed by atoms with Crippen LogP contribution in [0.5, 0.6) is 0 Å². The lowest BCUT2D eigenvalue weighted by molar-refractivity contribution is -0.226. The fraction of sp³-hybridized carbons (Fsp3) is 0.280. The number of aromatic nitrogens is 4. The number of rotatable bonds is 10. The molecule has 2 aromatic carbocycles. The Kier molecular flexibility index (Phi) is 6.60. The van der Waals surface area contributed by atoms with Crippen molar-refractivity contribution in [3.05, 3.63) is 108 Å². The van der Waals surface area contributed by atoms with Crippen molar-refractivity contribution in [1.29, 1.82) is 0 Å². The second-order valence-electron chi connectivity index (χ2n) is 8.08. The Morgan fingerprint density at radius 1 is 0.645 bits per heavy atom. The van der Waals surface area contributed by atoms with E-state index in [1.54, 1.807) is 12.4 Å². The first-order valence-corrected chi connectivity index (χ1v) is 10.4. The Morgan fingerprint density at radius 2 is 1.03 bits per heavy atom. The van der Waals surface area contributed by atoms with Crippen LogP contribution in [0.4, 0.5) is 0 Å². The van der Waals surface area contributed by atoms with E-state index in [1.165, 1.54) is 11.1 Å². The second-order valence-corrected chi connectivity index (χ2v) is 8.08. The third-order valence-electron chi connectivity index (χ3n) is 5.07. The standard InChI is InChI=1S/C25H28N4O2/c1-25(2,30-17-23-7-3-21(4-8-23)15-28-13-11-26-19-28)31-18-24-9-5-22(6-10-24)16-29-14-12-27-20-29/h3-14,19-20H,15-18H2,1-2H3. The van der Waals surface area contributed by atoms with Gasteiger partial charge in [-0.2, -0.15) is 0 Å². The molecular formula is C25H28N4O2. The lowest BCUT2D eigenvalue weighted by Gasteiger charge is -2.26. The Morgan fingerprint density at radius 3 is 1.39 bits per heavy atom. The number of hydrogen-bond acceptors (Lipinski definition) is 4. The molecule has 0 unspecified atom stereocenters. The Labute approximate surface area is 183 Å². The van der Waals surface area contributed by atoms with E-state index in [0.29, 0.717) is 13.2 Å². The van der Waals surface area contributed by atoms with E-state index in [0.717, 1.165) is 24.2 Å². The lowest BCUT2D eigenvalue weighted by atomic mass is 10.1. The molecule has 2 aromatic heterocycles. The highest BCUT2D eigenvalue weighted by atomic mass is 16.7. The molecular weight excluding hydrogens is 388 g/mol. The minimum Gasteiger partial charge on any atom is -0.346 e. The number of nitrogens with zero attached hydrogens (tertiary/aromatic N) is 4. The monoisotopic (exact) mass is 416 g/mol. The predicted octanol–water partition coefficient (Wildman–Crippen LogP) is 4.65. The molecule has 0 atom stereocenters. The van der Waals surface area contributed by atoms with Crippen LogP contribution in [0.2, 0.25) is 0 Å². The Bertz CT molecular complexity index is 952. The average Bonchev–Trinajstić information content (AvgIpc) is 3.47. The minimum atomic E-state index is -0.676. The smallest absolute Gasteiger partial charge is 0.163 e. The molecule has 6 heteroatoms. The van der Waals surface area contributed by atoms with Crippen molar-refractivity contribution < 1.29 is 9.47 Å². The summed E-state index contributed by atoms with van der Waals surface area (Å²) in [4.78, 5) is 8.15. The zero-order chi connectivity index (χ0) is 21.5. The molecule has 6 nitrogen and oxygen atoms in total. The van der Waals surface area contributed by atoms with E-state index in [1.807, 2.05) is 48.0 Å². The van der Waals surface area contributed by atoms with E-state index in [4.69, 9.17) is 9.47 Å². The quantitative estimate of drug-likeness (QED) is 0.353. The molecule has 31 heavy (non-hydrogen) atoms. The topological polar surface area (TPSA) is 54.1 Å². The van der Waals surface area contributed by atoms with Crippen LogP contribution in [-0.2, 0) is 35.8 Å². The summed E-state index contributed by atoms with van der Waals surface area (Å²) in [6.07, 6.45) is 11.2. The molecule has 4 aromatic rings. The van der Waals surface area contributed by atoms with Gasteiger partial charge in [0, 0.05) is 37.9 Å². The van der Waals surface area contributed by atoms with Crippen molar-refractivity contribution in [3.63, 3.8) is 0 Å². The first kappa shape index (κ1) is 21.0. The Hall–Kier alpha value is -3.22. The molecule has 0 N–H and O–H groups in total. The van der Waals surface area contributed by atoms with Gasteiger partial charge in [-0.1, -0.05) is 48.5 Å². The van der Waals surface area contributed by atoms with E-state index in [2.05, 4.69) is 58.5 Å². The van der Waals surface area contributed by atoms with Gasteiger partial charge in [-0.25, -0.2) is 9.97 Å². The third kappa shape index (κ3) is 6.38. The fourth-order valence-electron chi connectivity index (χ4n) is 3.22. The van der Waals surface area contributed by atoms with Crippen LogP contribution < -0.4 is 0 Å². The SMILES string of the molecule is CC(C)(OCc1ccc(Cn2ccnc2)cc1)OCc1ccc(Cn2ccnc2)cc1. The maximum atomic E-state index is 6.03. The maximum absolute atomic E-state index is 6.03. The number of imidazole rings is 2. The molecule has 0 bridgehead atoms. The van der Waals surface area contributed by atoms with Gasteiger partial charge in [0.05, 0.1) is 25.9 Å². The Balaban J connectivity index is 1.23. The van der Waals surface area contributed by atoms with Crippen LogP contribution in [0.25, 0.3) is 0 Å². The fourth-order valence-corrected chi connectivity index (χ4v) is 3.22. The van der Waals surface area contributed by atoms with Gasteiger partial charge in [-0.15, -0.1) is 0 Å². The summed E-state index contributed by atoms with van der Waals surface area (Å²) in [5, 5.41) is 0. The van der Waals surface area contributed by atoms with Crippen LogP contribution in [0.1, 0.15) is 36.1 Å². The maximum Gasteiger partial charge on any atom is 0.163 e. The van der Waals surface area contributed by atoms with Gasteiger partial charge >= 0.3 is 0 Å². The molecule has 0 saturated heterocycles. The van der Waals surface area contributed by atoms with Gasteiger partial charge in [-0.05, 0) is 36.1 Å². The van der Waals surface area contributed by atoms with Crippen LogP contribution in [0.15, 0.2) is 86.0 Å². The second kappa shape index (κ2) is 9.73. The highest BCUT2D eigenvalue weighted by Crippen LogP contribution is 2.18. The summed E-state index contributed by atoms with van der Waals surface area (Å²) < 4.78 is 16.2. The van der Waals surface area contributed by atoms with E-state index in [9.17, 15) is 0 Å². The van der Waals surface area contributed by atoms with Gasteiger partial charge in [-0.3, -0.25) is 0 Å². The first-order valence-electron chi connectivity index (χ1n) is 10.4. The molecule has 0 spiro atoms. The molecule has 0 aliphatic heterocycles. The largest absolute Gasteiger partial charge is 0.346 e. The van der Waals surface area contributed by atoms with Crippen molar-refractivity contribution in [2.75, 3.05) is 0 Å². The molecule has 0 aliphatic carbocycles. The van der Waals surface area contributed by atoms with Crippen molar-refractivity contribution in [2.24, 2.45) is 0 Å². The zero-order valence-electron chi connectivity index (χ0n) is 18.0. The average molecular weight is 417 g/mol. The van der Waals surface area contributed by atoms with Crippen LogP contribution in [-0.4, -0.2) is 24.9 Å². The van der Waals surface area contributed by atoms with E-state index >= 15 is 0 Å². The van der Waals surface area contributed by atoms with E-state index < -0.39 is 5.79 Å². The van der Waals surface area contributed by atoms with Crippen LogP contribution >= 0.6 is 0 Å². The molecule has 0 radical (unpaired) electrons. The molecule has 160 valence electrons. The number of benzene rings is 2. The summed E-state index contributed by atoms with van der Waals surface area (Å²) in [6.45, 7) is 6.54. The van der Waals surface area contributed by atoms with Gasteiger partial charge in [0.1, 0.15) is 0 Å². The van der Waals surface area contributed by atoms with Gasteiger partial charge in [0.25, 0.3) is 0 Å². The first-order chi connectivity index (χ1) is 15.1. The predicted molar refractivity (Wildman–Crippen MR) is 119 cm³/mol. The third-order valence-corrected chi connectivity index (χ3v) is 5.07. The summed E-state index contributed by atoms with van der Waals surface area (Å²) in [6, 6.07) is 16.9. The van der Waals surface area contributed by atoms with Crippen LogP contribution in [0.3, 0.4) is 0 Å². The highest BCUT2D eigenvalue weighted by molar-refractivity contribution is 5.23. The van der Waals surface area contributed by atoms with Crippen LogP contribution in [0, 0.1) is 0 Å². The molecule has 0 aliphatic rings. The molecule has 0 fully saturated rings. The van der Waals surface area contributed by atoms with Crippen molar-refractivity contribution in [3.8, 4) is 0 Å². The highest BCUT2D eigenvalue weighted by Gasteiger charge is 2.19. The van der Waals surface area contributed by atoms with Crippen molar-refractivity contribution >= 4 is 0 Å². The molecule has 2 heterocycles. The van der Waals surface area contributed by atoms with Crippen molar-refractivity contribution in [2.45, 2.75) is 45.9 Å². The summed E-state index contributed by atoms with van der Waals surface area (Å²) in [5.74, 6) is -0.676. The van der Waals surface area contributed by atoms with Gasteiger partial charge in [0.15, 0.2) is 5.79 Å². The van der Waals surface area contributed by atoms with Crippen molar-refractivity contribution in [1.82, 2.24) is 19.1 Å². The number of hydrogen-bond donors (Lipinski definition) is 0. The minimum absolute atomic E-state index is 0.502. The number of ether oxygens (including phenoxy) is 2. The van der Waals surface area contributed by atoms with E-state index in [-0.39, 0.29) is 0 Å². The summed E-state index contributed by atoms with van der Waals surface area (Å²) in [5.41, 5.74) is 4.70. The lowest BCUT2D eigenvalue weighted by Crippen LogP contribution is -2.28.